The van der Waals surface area contributed by atoms with E-state index >= 15 is 0 Å². The first-order valence-electron chi connectivity index (χ1n) is 16.6. The largest absolute Gasteiger partial charge is 0.497 e. The molecule has 1 aliphatic rings. The number of nitrogens with zero attached hydrogens (tertiary/aromatic N) is 2. The zero-order chi connectivity index (χ0) is 34.6. The van der Waals surface area contributed by atoms with E-state index < -0.39 is 17.9 Å². The highest BCUT2D eigenvalue weighted by Gasteiger charge is 2.30. The van der Waals surface area contributed by atoms with E-state index in [1.807, 2.05) is 31.2 Å². The highest BCUT2D eigenvalue weighted by molar-refractivity contribution is 6.02. The molecule has 0 bridgehead atoms. The molecule has 3 N–H and O–H groups in total. The van der Waals surface area contributed by atoms with Gasteiger partial charge in [0.25, 0.3) is 5.91 Å². The van der Waals surface area contributed by atoms with Gasteiger partial charge < -0.3 is 34.9 Å². The lowest BCUT2D eigenvalue weighted by molar-refractivity contribution is -0.0177. The molecule has 0 radical (unpaired) electrons. The number of methoxy groups -OCH3 is 1. The van der Waals surface area contributed by atoms with Gasteiger partial charge in [0.05, 0.1) is 37.5 Å². The molecule has 260 valence electrons. The fourth-order valence-electron chi connectivity index (χ4n) is 5.70. The molecule has 0 aliphatic carbocycles. The van der Waals surface area contributed by atoms with Crippen molar-refractivity contribution in [2.75, 3.05) is 51.1 Å². The van der Waals surface area contributed by atoms with Gasteiger partial charge in [-0.3, -0.25) is 9.69 Å². The Balaban J connectivity index is 1.57. The Morgan fingerprint density at radius 3 is 2.44 bits per heavy atom. The smallest absolute Gasteiger partial charge is 0.323 e. The van der Waals surface area contributed by atoms with E-state index in [1.54, 1.807) is 37.1 Å². The van der Waals surface area contributed by atoms with Gasteiger partial charge >= 0.3 is 6.03 Å². The van der Waals surface area contributed by atoms with Gasteiger partial charge in [0.1, 0.15) is 17.3 Å². The summed E-state index contributed by atoms with van der Waals surface area (Å²) in [5.74, 6) is 0.411. The molecule has 0 spiro atoms. The van der Waals surface area contributed by atoms with Crippen molar-refractivity contribution in [2.45, 2.75) is 64.8 Å². The van der Waals surface area contributed by atoms with E-state index in [1.165, 1.54) is 24.3 Å². The first-order valence-corrected chi connectivity index (χ1v) is 16.6. The van der Waals surface area contributed by atoms with E-state index in [2.05, 4.69) is 29.5 Å². The molecular formula is C37H49FN4O6. The molecular weight excluding hydrogens is 615 g/mol. The molecule has 1 aliphatic heterocycles. The SMILES string of the molecule is COc1ccc(CN(C)C[C@H]2OCCCC[C@@H](C)Oc3ccc(NC(=O)Nc4ccc(F)cc4)cc3C(=O)N([C@@H](C)CO)C[C@H]2C)cc1. The number of fused-ring (bicyclic) bond motifs is 1. The van der Waals surface area contributed by atoms with Crippen LogP contribution in [0.3, 0.4) is 0 Å². The third-order valence-electron chi connectivity index (χ3n) is 8.51. The number of benzene rings is 3. The lowest BCUT2D eigenvalue weighted by Gasteiger charge is -2.36. The van der Waals surface area contributed by atoms with E-state index in [9.17, 15) is 19.1 Å². The van der Waals surface area contributed by atoms with Crippen molar-refractivity contribution in [3.8, 4) is 11.5 Å². The molecule has 0 saturated carbocycles. The number of likely N-dealkylation sites (N-methyl/N-ethyl adjacent to an activating group) is 1. The van der Waals surface area contributed by atoms with E-state index in [4.69, 9.17) is 14.2 Å². The normalized spacial score (nSPS) is 19.9. The summed E-state index contributed by atoms with van der Waals surface area (Å²) in [6.45, 7) is 7.91. The van der Waals surface area contributed by atoms with Crippen LogP contribution >= 0.6 is 0 Å². The second-order valence-corrected chi connectivity index (χ2v) is 12.6. The fraction of sp³-hybridized carbons (Fsp3) is 0.459. The molecule has 3 aromatic carbocycles. The standard InChI is InChI=1S/C37H49FN4O6/c1-25-21-42(26(2)24-43)36(44)33-20-31(40-37(45)39-30-13-11-29(38)12-14-30)15-18-34(33)48-27(3)8-6-7-19-47-35(25)23-41(4)22-28-9-16-32(46-5)17-10-28/h9-18,20,25-27,35,43H,6-8,19,21-24H2,1-5H3,(H2,39,40,45)/t25-,26+,27-,35-/m1/s1. The molecule has 4 atom stereocenters. The third-order valence-corrected chi connectivity index (χ3v) is 8.51. The van der Waals surface area contributed by atoms with Gasteiger partial charge in [0.15, 0.2) is 0 Å². The molecule has 10 nitrogen and oxygen atoms in total. The molecule has 48 heavy (non-hydrogen) atoms. The van der Waals surface area contributed by atoms with Gasteiger partial charge in [-0.2, -0.15) is 0 Å². The van der Waals surface area contributed by atoms with Crippen molar-refractivity contribution in [3.63, 3.8) is 0 Å². The van der Waals surface area contributed by atoms with Crippen LogP contribution in [0.15, 0.2) is 66.7 Å². The average molecular weight is 665 g/mol. The lowest BCUT2D eigenvalue weighted by atomic mass is 10.0. The zero-order valence-electron chi connectivity index (χ0n) is 28.6. The van der Waals surface area contributed by atoms with Crippen molar-refractivity contribution >= 4 is 23.3 Å². The molecule has 1 heterocycles. The minimum absolute atomic E-state index is 0.0738. The maximum absolute atomic E-state index is 14.4. The van der Waals surface area contributed by atoms with Gasteiger partial charge in [-0.15, -0.1) is 0 Å². The van der Waals surface area contributed by atoms with Gasteiger partial charge in [-0.25, -0.2) is 9.18 Å². The van der Waals surface area contributed by atoms with Crippen LogP contribution < -0.4 is 20.1 Å². The minimum Gasteiger partial charge on any atom is -0.497 e. The van der Waals surface area contributed by atoms with Crippen molar-refractivity contribution in [1.82, 2.24) is 9.80 Å². The van der Waals surface area contributed by atoms with E-state index in [-0.39, 0.29) is 36.2 Å². The molecule has 0 fully saturated rings. The Hall–Kier alpha value is -4.19. The number of carbonyl (C=O) groups excluding carboxylic acids is 2. The van der Waals surface area contributed by atoms with Crippen LogP contribution in [0.5, 0.6) is 11.5 Å². The summed E-state index contributed by atoms with van der Waals surface area (Å²) in [5.41, 5.74) is 2.23. The van der Waals surface area contributed by atoms with Crippen molar-refractivity contribution in [2.24, 2.45) is 5.92 Å². The van der Waals surface area contributed by atoms with Gasteiger partial charge in [0.2, 0.25) is 0 Å². The number of ether oxygens (including phenoxy) is 3. The summed E-state index contributed by atoms with van der Waals surface area (Å²) >= 11 is 0. The number of carbonyl (C=O) groups is 2. The van der Waals surface area contributed by atoms with Crippen molar-refractivity contribution in [1.29, 1.82) is 0 Å². The van der Waals surface area contributed by atoms with Gasteiger partial charge in [-0.05, 0) is 100 Å². The predicted molar refractivity (Wildman–Crippen MR) is 185 cm³/mol. The Morgan fingerprint density at radius 2 is 1.75 bits per heavy atom. The van der Waals surface area contributed by atoms with Crippen LogP contribution in [0, 0.1) is 11.7 Å². The maximum Gasteiger partial charge on any atom is 0.323 e. The Labute approximate surface area is 283 Å². The number of aliphatic hydroxyl groups is 1. The maximum atomic E-state index is 14.4. The number of aliphatic hydroxyl groups excluding tert-OH is 1. The second kappa shape index (κ2) is 17.8. The molecule has 3 amide bonds. The molecule has 11 heteroatoms. The molecule has 0 saturated heterocycles. The minimum atomic E-state index is -0.544. The molecule has 4 rings (SSSR count). The highest BCUT2D eigenvalue weighted by atomic mass is 19.1. The summed E-state index contributed by atoms with van der Waals surface area (Å²) in [4.78, 5) is 31.0. The Morgan fingerprint density at radius 1 is 1.06 bits per heavy atom. The number of amides is 3. The first-order chi connectivity index (χ1) is 23.1. The number of anilines is 2. The quantitative estimate of drug-likeness (QED) is 0.243. The summed E-state index contributed by atoms with van der Waals surface area (Å²) < 4.78 is 31.4. The van der Waals surface area contributed by atoms with Crippen LogP contribution in [0.25, 0.3) is 0 Å². The predicted octanol–water partition coefficient (Wildman–Crippen LogP) is 6.41. The Kier molecular flexibility index (Phi) is 13.6. The van der Waals surface area contributed by atoms with Crippen LogP contribution in [0.2, 0.25) is 0 Å². The summed E-state index contributed by atoms with van der Waals surface area (Å²) in [5, 5.41) is 15.7. The average Bonchev–Trinajstić information content (AvgIpc) is 3.07. The first kappa shape index (κ1) is 36.6. The third kappa shape index (κ3) is 10.7. The number of rotatable bonds is 9. The van der Waals surface area contributed by atoms with Crippen LogP contribution in [-0.4, -0.2) is 85.6 Å². The highest BCUT2D eigenvalue weighted by Crippen LogP contribution is 2.29. The molecule has 0 unspecified atom stereocenters. The molecule has 3 aromatic rings. The van der Waals surface area contributed by atoms with Crippen molar-refractivity contribution in [3.05, 3.63) is 83.7 Å². The van der Waals surface area contributed by atoms with Crippen LogP contribution in [-0.2, 0) is 11.3 Å². The van der Waals surface area contributed by atoms with E-state index in [0.717, 1.165) is 37.1 Å². The monoisotopic (exact) mass is 664 g/mol. The number of urea groups is 1. The summed E-state index contributed by atoms with van der Waals surface area (Å²) in [6.07, 6.45) is 2.19. The van der Waals surface area contributed by atoms with Gasteiger partial charge in [0, 0.05) is 43.5 Å². The fourth-order valence-corrected chi connectivity index (χ4v) is 5.70. The zero-order valence-corrected chi connectivity index (χ0v) is 28.6. The van der Waals surface area contributed by atoms with E-state index in [0.29, 0.717) is 36.8 Å². The Bertz CT molecular complexity index is 1470. The van der Waals surface area contributed by atoms with Gasteiger partial charge in [-0.1, -0.05) is 19.1 Å². The van der Waals surface area contributed by atoms with Crippen LogP contribution in [0.1, 0.15) is 56.0 Å². The number of hydrogen-bond donors (Lipinski definition) is 3. The van der Waals surface area contributed by atoms with Crippen molar-refractivity contribution < 1.29 is 33.3 Å². The number of hydrogen-bond acceptors (Lipinski definition) is 7. The summed E-state index contributed by atoms with van der Waals surface area (Å²) in [6, 6.07) is 17.3. The van der Waals surface area contributed by atoms with Crippen LogP contribution in [0.4, 0.5) is 20.6 Å². The number of halogens is 1. The lowest BCUT2D eigenvalue weighted by Crippen LogP contribution is -2.47. The molecule has 0 aromatic heterocycles. The second-order valence-electron chi connectivity index (χ2n) is 12.6. The topological polar surface area (TPSA) is 113 Å². The summed E-state index contributed by atoms with van der Waals surface area (Å²) in [7, 11) is 3.71. The number of nitrogens with one attached hydrogen (secondary N) is 2.